The molecule has 0 aromatic heterocycles. The smallest absolute Gasteiger partial charge is 0.152 e. The molecule has 3 atom stereocenters. The van der Waals surface area contributed by atoms with Gasteiger partial charge in [-0.2, -0.15) is 0 Å². The van der Waals surface area contributed by atoms with Crippen molar-refractivity contribution in [3.63, 3.8) is 0 Å². The lowest BCUT2D eigenvalue weighted by molar-refractivity contribution is 0.496. The second-order valence-corrected chi connectivity index (χ2v) is 19.6. The zero-order valence-corrected chi connectivity index (χ0v) is 37.5. The van der Waals surface area contributed by atoms with Crippen LogP contribution in [0.2, 0.25) is 0 Å². The predicted molar refractivity (Wildman–Crippen MR) is 249 cm³/mol. The van der Waals surface area contributed by atoms with E-state index in [1.807, 2.05) is 19.3 Å². The van der Waals surface area contributed by atoms with Crippen LogP contribution in [-0.2, 0) is 16.4 Å². The van der Waals surface area contributed by atoms with Crippen LogP contribution in [0.15, 0.2) is 151 Å². The van der Waals surface area contributed by atoms with Crippen LogP contribution in [0, 0.1) is 12.3 Å². The number of hydrogen-bond acceptors (Lipinski definition) is 2. The molecule has 56 heavy (non-hydrogen) atoms. The molecule has 4 heteroatoms. The maximum Gasteiger partial charge on any atom is 0.152 e. The van der Waals surface area contributed by atoms with Gasteiger partial charge in [-0.05, 0) is 102 Å². The van der Waals surface area contributed by atoms with E-state index < -0.39 is 8.15 Å². The molecule has 292 valence electrons. The summed E-state index contributed by atoms with van der Waals surface area (Å²) in [5.41, 5.74) is 12.3. The van der Waals surface area contributed by atoms with Crippen molar-refractivity contribution in [2.75, 3.05) is 0 Å². The minimum Gasteiger partial charge on any atom is -0.480 e. The molecule has 0 bridgehead atoms. The zero-order valence-electron chi connectivity index (χ0n) is 35.6. The Bertz CT molecular complexity index is 2180. The molecule has 0 N–H and O–H groups in total. The van der Waals surface area contributed by atoms with Crippen LogP contribution in [0.25, 0.3) is 16.7 Å². The molecule has 0 saturated heterocycles. The summed E-state index contributed by atoms with van der Waals surface area (Å²) in [5.74, 6) is 1.09. The highest BCUT2D eigenvalue weighted by molar-refractivity contribution is 7.69. The average Bonchev–Trinajstić information content (AvgIpc) is 3.17. The molecule has 3 unspecified atom stereocenters. The summed E-state index contributed by atoms with van der Waals surface area (Å²) in [5, 5.41) is 3.98. The van der Waals surface area contributed by atoms with Crippen molar-refractivity contribution in [3.05, 3.63) is 179 Å². The normalized spacial score (nSPS) is 16.0. The summed E-state index contributed by atoms with van der Waals surface area (Å²) in [4.78, 5) is 0. The number of fused-ring (bicyclic) bond motifs is 3. The van der Waals surface area contributed by atoms with Gasteiger partial charge in [0.05, 0.1) is 15.1 Å². The quantitative estimate of drug-likeness (QED) is 0.0764. The lowest BCUT2D eigenvalue weighted by Crippen LogP contribution is -2.32. The van der Waals surface area contributed by atoms with Gasteiger partial charge in [-0.1, -0.05) is 176 Å². The molecule has 4 aromatic rings. The number of allylic oxidation sites excluding steroid dienone is 10. The van der Waals surface area contributed by atoms with Gasteiger partial charge in [-0.3, -0.25) is 0 Å². The Morgan fingerprint density at radius 2 is 1.52 bits per heavy atom. The van der Waals surface area contributed by atoms with Crippen LogP contribution in [0.4, 0.5) is 0 Å². The van der Waals surface area contributed by atoms with E-state index in [0.717, 1.165) is 35.3 Å². The number of hydrogen-bond donors (Lipinski definition) is 0. The Balaban J connectivity index is 1.66. The van der Waals surface area contributed by atoms with Crippen LogP contribution in [-0.4, -0.2) is 0 Å². The Hall–Kier alpha value is -4.22. The first-order chi connectivity index (χ1) is 26.7. The van der Waals surface area contributed by atoms with Gasteiger partial charge in [0.1, 0.15) is 5.75 Å². The summed E-state index contributed by atoms with van der Waals surface area (Å²) in [7, 11) is -0.996. The predicted octanol–water partition coefficient (Wildman–Crippen LogP) is 15.0. The second-order valence-electron chi connectivity index (χ2n) is 16.8. The molecule has 2 nitrogen and oxygen atoms in total. The molecular formula is C52H62O2P2. The molecular weight excluding hydrogens is 719 g/mol. The Morgan fingerprint density at radius 1 is 0.839 bits per heavy atom. The van der Waals surface area contributed by atoms with Crippen LogP contribution >= 0.6 is 17.0 Å². The minimum atomic E-state index is -1.18. The fourth-order valence-corrected chi connectivity index (χ4v) is 10.8. The van der Waals surface area contributed by atoms with Gasteiger partial charge in [0.2, 0.25) is 0 Å². The third kappa shape index (κ3) is 10.0. The van der Waals surface area contributed by atoms with Crippen LogP contribution in [0.5, 0.6) is 5.75 Å². The first-order valence-electron chi connectivity index (χ1n) is 20.0. The standard InChI is InChI=1S/C52H62O2P2/c1-13-15-16-25-40(41-26-18-17-24-37(41)4)35-53-55-48(39(6)51(7,8)9)34-32-45-42(38(5)36(3)23-14-2)31-33-46(52(10,11)12)50(45)56-49-30-22-20-28-44(49)43-27-19-21-29-47(43)54-56/h13-31,33,35,38,55H,3,32,34H2,1-2,4-12H3/b15-13-,23-14-,25-16-,40-35-,48-39-. The van der Waals surface area contributed by atoms with Gasteiger partial charge in [0, 0.05) is 27.7 Å². The van der Waals surface area contributed by atoms with Gasteiger partial charge in [-0.25, -0.2) is 0 Å². The van der Waals surface area contributed by atoms with E-state index in [1.54, 1.807) is 0 Å². The molecule has 0 fully saturated rings. The SMILES string of the molecule is C=C(/C=C\C)C(C)c1ccc(C(C)(C)C)c(P2Oc3ccccc3-c3ccccc32)c1CC/C(PO/C=C(/C=C\C=C/C)c1ccccc1C)=C(\C)C(C)(C)C. The van der Waals surface area contributed by atoms with Crippen molar-refractivity contribution in [2.24, 2.45) is 5.41 Å². The summed E-state index contributed by atoms with van der Waals surface area (Å²) in [6, 6.07) is 30.7. The third-order valence-electron chi connectivity index (χ3n) is 10.8. The van der Waals surface area contributed by atoms with Gasteiger partial charge in [0.15, 0.2) is 8.15 Å². The van der Waals surface area contributed by atoms with Gasteiger partial charge in [-0.15, -0.1) is 0 Å². The Kier molecular flexibility index (Phi) is 14.4. The monoisotopic (exact) mass is 780 g/mol. The van der Waals surface area contributed by atoms with Gasteiger partial charge < -0.3 is 9.05 Å². The van der Waals surface area contributed by atoms with Crippen molar-refractivity contribution in [3.8, 4) is 16.9 Å². The molecule has 0 saturated carbocycles. The number of rotatable bonds is 13. The molecule has 4 aromatic carbocycles. The second kappa shape index (κ2) is 18.8. The number of benzene rings is 4. The topological polar surface area (TPSA) is 18.5 Å². The van der Waals surface area contributed by atoms with E-state index in [4.69, 9.17) is 9.05 Å². The molecule has 1 heterocycles. The average molecular weight is 781 g/mol. The maximum atomic E-state index is 7.23. The van der Waals surface area contributed by atoms with Gasteiger partial charge >= 0.3 is 0 Å². The Labute approximate surface area is 341 Å². The van der Waals surface area contributed by atoms with E-state index in [2.05, 4.69) is 191 Å². The summed E-state index contributed by atoms with van der Waals surface area (Å²) in [6.45, 7) is 29.4. The molecule has 5 rings (SSSR count). The van der Waals surface area contributed by atoms with Crippen molar-refractivity contribution < 1.29 is 9.05 Å². The lowest BCUT2D eigenvalue weighted by atomic mass is 9.81. The highest BCUT2D eigenvalue weighted by atomic mass is 31.1. The molecule has 1 aliphatic rings. The number of para-hydroxylation sites is 1. The van der Waals surface area contributed by atoms with E-state index >= 15 is 0 Å². The highest BCUT2D eigenvalue weighted by Crippen LogP contribution is 2.51. The minimum absolute atomic E-state index is 0.00822. The largest absolute Gasteiger partial charge is 0.480 e. The molecule has 0 radical (unpaired) electrons. The van der Waals surface area contributed by atoms with Crippen molar-refractivity contribution in [1.29, 1.82) is 0 Å². The van der Waals surface area contributed by atoms with E-state index in [1.165, 1.54) is 54.9 Å². The van der Waals surface area contributed by atoms with Crippen LogP contribution in [0.3, 0.4) is 0 Å². The van der Waals surface area contributed by atoms with Gasteiger partial charge in [0.25, 0.3) is 0 Å². The molecule has 1 aliphatic heterocycles. The molecule has 0 amide bonds. The number of aryl methyl sites for hydroxylation is 1. The summed E-state index contributed by atoms with van der Waals surface area (Å²) >= 11 is 0. The third-order valence-corrected chi connectivity index (χ3v) is 14.1. The first kappa shape index (κ1) is 42.9. The van der Waals surface area contributed by atoms with Crippen molar-refractivity contribution in [1.82, 2.24) is 0 Å². The lowest BCUT2D eigenvalue weighted by Gasteiger charge is -2.35. The first-order valence-corrected chi connectivity index (χ1v) is 22.2. The summed E-state index contributed by atoms with van der Waals surface area (Å²) in [6.07, 6.45) is 16.3. The fraction of sp³-hybridized carbons (Fsp3) is 0.308. The van der Waals surface area contributed by atoms with Crippen molar-refractivity contribution >= 4 is 33.1 Å². The maximum absolute atomic E-state index is 7.23. The molecule has 0 aliphatic carbocycles. The van der Waals surface area contributed by atoms with Crippen LogP contribution < -0.4 is 15.1 Å². The van der Waals surface area contributed by atoms with Crippen LogP contribution in [0.1, 0.15) is 109 Å². The van der Waals surface area contributed by atoms with E-state index in [0.29, 0.717) is 0 Å². The van der Waals surface area contributed by atoms with E-state index in [-0.39, 0.29) is 25.6 Å². The fourth-order valence-electron chi connectivity index (χ4n) is 7.22. The van der Waals surface area contributed by atoms with Crippen molar-refractivity contribution in [2.45, 2.75) is 100 Å². The highest BCUT2D eigenvalue weighted by Gasteiger charge is 2.35. The molecule has 0 spiro atoms. The summed E-state index contributed by atoms with van der Waals surface area (Å²) < 4.78 is 13.9. The van der Waals surface area contributed by atoms with E-state index in [9.17, 15) is 0 Å². The Morgan fingerprint density at radius 3 is 2.20 bits per heavy atom. The zero-order chi connectivity index (χ0) is 40.6.